The van der Waals surface area contributed by atoms with Crippen LogP contribution in [0.4, 0.5) is 0 Å². The van der Waals surface area contributed by atoms with Gasteiger partial charge in [0.15, 0.2) is 6.61 Å². The third kappa shape index (κ3) is 7.24. The molecule has 0 aliphatic heterocycles. The van der Waals surface area contributed by atoms with E-state index < -0.39 is 30.4 Å². The van der Waals surface area contributed by atoms with Crippen LogP contribution in [0.25, 0.3) is 0 Å². The normalized spacial score (nSPS) is 11.3. The molecule has 0 heterocycles. The summed E-state index contributed by atoms with van der Waals surface area (Å²) in [4.78, 5) is 35.8. The van der Waals surface area contributed by atoms with Gasteiger partial charge in [-0.15, -0.1) is 0 Å². The predicted molar refractivity (Wildman–Crippen MR) is 114 cm³/mol. The van der Waals surface area contributed by atoms with E-state index in [0.29, 0.717) is 33.5 Å². The molecule has 2 rings (SSSR count). The summed E-state index contributed by atoms with van der Waals surface area (Å²) in [5, 5.41) is 6.02. The van der Waals surface area contributed by atoms with Crippen molar-refractivity contribution in [2.24, 2.45) is 0 Å². The minimum absolute atomic E-state index is 0.363. The fraction of sp³-hybridized carbons (Fsp3) is 0.286. The van der Waals surface area contributed by atoms with Gasteiger partial charge in [-0.25, -0.2) is 0 Å². The van der Waals surface area contributed by atoms with E-state index in [-0.39, 0.29) is 6.54 Å². The SMILES string of the molecule is CCOc1ccc(C(=O)NCC(=O)OCC(=O)NC(C)c2ccc(Cl)cc2Cl)cc1. The summed E-state index contributed by atoms with van der Waals surface area (Å²) in [7, 11) is 0. The molecule has 2 amide bonds. The lowest BCUT2D eigenvalue weighted by atomic mass is 10.1. The Kier molecular flexibility index (Phi) is 8.95. The molecule has 0 fully saturated rings. The number of carbonyl (C=O) groups is 3. The number of nitrogens with one attached hydrogen (secondary N) is 2. The van der Waals surface area contributed by atoms with Crippen LogP contribution in [0.5, 0.6) is 5.75 Å². The van der Waals surface area contributed by atoms with Crippen molar-refractivity contribution in [2.45, 2.75) is 19.9 Å². The third-order valence-electron chi connectivity index (χ3n) is 3.99. The van der Waals surface area contributed by atoms with Gasteiger partial charge < -0.3 is 20.1 Å². The van der Waals surface area contributed by atoms with Crippen LogP contribution in [0, 0.1) is 0 Å². The molecule has 0 radical (unpaired) electrons. The Balaban J connectivity index is 1.74. The van der Waals surface area contributed by atoms with Gasteiger partial charge in [-0.2, -0.15) is 0 Å². The summed E-state index contributed by atoms with van der Waals surface area (Å²) in [6.45, 7) is 3.29. The highest BCUT2D eigenvalue weighted by atomic mass is 35.5. The number of amides is 2. The standard InChI is InChI=1S/C21H22Cl2N2O5/c1-3-29-16-7-4-14(5-8-16)21(28)24-11-20(27)30-12-19(26)25-13(2)17-9-6-15(22)10-18(17)23/h4-10,13H,3,11-12H2,1-2H3,(H,24,28)(H,25,26). The molecular weight excluding hydrogens is 431 g/mol. The number of benzene rings is 2. The fourth-order valence-electron chi connectivity index (χ4n) is 2.53. The topological polar surface area (TPSA) is 93.7 Å². The van der Waals surface area contributed by atoms with E-state index in [4.69, 9.17) is 32.7 Å². The first-order chi connectivity index (χ1) is 14.3. The number of halogens is 2. The quantitative estimate of drug-likeness (QED) is 0.567. The van der Waals surface area contributed by atoms with Crippen molar-refractivity contribution < 1.29 is 23.9 Å². The largest absolute Gasteiger partial charge is 0.494 e. The van der Waals surface area contributed by atoms with Gasteiger partial charge in [0.2, 0.25) is 0 Å². The zero-order valence-corrected chi connectivity index (χ0v) is 18.0. The van der Waals surface area contributed by atoms with Crippen LogP contribution in [0.1, 0.15) is 35.8 Å². The molecule has 0 saturated heterocycles. The van der Waals surface area contributed by atoms with Gasteiger partial charge in [0, 0.05) is 15.6 Å². The number of esters is 1. The van der Waals surface area contributed by atoms with Crippen LogP contribution in [0.3, 0.4) is 0 Å². The number of rotatable bonds is 9. The van der Waals surface area contributed by atoms with Crippen LogP contribution in [-0.2, 0) is 14.3 Å². The molecule has 0 bridgehead atoms. The first-order valence-corrected chi connectivity index (χ1v) is 9.96. The lowest BCUT2D eigenvalue weighted by molar-refractivity contribution is -0.147. The van der Waals surface area contributed by atoms with Crippen molar-refractivity contribution in [1.82, 2.24) is 10.6 Å². The van der Waals surface area contributed by atoms with Gasteiger partial charge in [-0.3, -0.25) is 14.4 Å². The van der Waals surface area contributed by atoms with E-state index in [0.717, 1.165) is 0 Å². The van der Waals surface area contributed by atoms with Crippen LogP contribution < -0.4 is 15.4 Å². The maximum atomic E-state index is 12.1. The minimum atomic E-state index is -0.735. The second-order valence-corrected chi connectivity index (χ2v) is 7.10. The van der Waals surface area contributed by atoms with E-state index in [9.17, 15) is 14.4 Å². The predicted octanol–water partition coefficient (Wildman–Crippen LogP) is 3.54. The van der Waals surface area contributed by atoms with Gasteiger partial charge in [0.05, 0.1) is 12.6 Å². The number of hydrogen-bond donors (Lipinski definition) is 2. The summed E-state index contributed by atoms with van der Waals surface area (Å²) in [6, 6.07) is 11.0. The lowest BCUT2D eigenvalue weighted by Gasteiger charge is -2.16. The van der Waals surface area contributed by atoms with Crippen LogP contribution in [-0.4, -0.2) is 37.5 Å². The molecule has 0 saturated carbocycles. The van der Waals surface area contributed by atoms with E-state index in [1.807, 2.05) is 6.92 Å². The van der Waals surface area contributed by atoms with Gasteiger partial charge in [0.1, 0.15) is 12.3 Å². The Morgan fingerprint density at radius 3 is 2.40 bits per heavy atom. The highest BCUT2D eigenvalue weighted by Gasteiger charge is 2.15. The smallest absolute Gasteiger partial charge is 0.325 e. The van der Waals surface area contributed by atoms with Crippen LogP contribution in [0.15, 0.2) is 42.5 Å². The van der Waals surface area contributed by atoms with Crippen molar-refractivity contribution in [1.29, 1.82) is 0 Å². The second kappa shape index (κ2) is 11.4. The Morgan fingerprint density at radius 2 is 1.77 bits per heavy atom. The van der Waals surface area contributed by atoms with Gasteiger partial charge >= 0.3 is 5.97 Å². The molecule has 1 unspecified atom stereocenters. The number of ether oxygens (including phenoxy) is 2. The highest BCUT2D eigenvalue weighted by molar-refractivity contribution is 6.35. The summed E-state index contributed by atoms with van der Waals surface area (Å²) < 4.78 is 10.2. The van der Waals surface area contributed by atoms with Crippen LogP contribution in [0.2, 0.25) is 10.0 Å². The molecule has 1 atom stereocenters. The molecule has 0 aliphatic carbocycles. The molecular formula is C21H22Cl2N2O5. The van der Waals surface area contributed by atoms with Crippen molar-refractivity contribution in [3.05, 3.63) is 63.6 Å². The van der Waals surface area contributed by atoms with Crippen molar-refractivity contribution in [3.8, 4) is 5.75 Å². The van der Waals surface area contributed by atoms with Crippen molar-refractivity contribution in [2.75, 3.05) is 19.8 Å². The highest BCUT2D eigenvalue weighted by Crippen LogP contribution is 2.25. The molecule has 7 nitrogen and oxygen atoms in total. The molecule has 2 N–H and O–H groups in total. The molecule has 0 aromatic heterocycles. The molecule has 2 aromatic rings. The monoisotopic (exact) mass is 452 g/mol. The van der Waals surface area contributed by atoms with Crippen molar-refractivity contribution in [3.63, 3.8) is 0 Å². The fourth-order valence-corrected chi connectivity index (χ4v) is 3.11. The maximum absolute atomic E-state index is 12.1. The van der Waals surface area contributed by atoms with E-state index in [2.05, 4.69) is 10.6 Å². The van der Waals surface area contributed by atoms with Crippen molar-refractivity contribution >= 4 is 41.0 Å². The molecule has 0 aliphatic rings. The molecule has 160 valence electrons. The van der Waals surface area contributed by atoms with E-state index in [1.54, 1.807) is 49.4 Å². The molecule has 2 aromatic carbocycles. The Bertz CT molecular complexity index is 903. The summed E-state index contributed by atoms with van der Waals surface area (Å²) >= 11 is 12.0. The maximum Gasteiger partial charge on any atom is 0.325 e. The average Bonchev–Trinajstić information content (AvgIpc) is 2.71. The second-order valence-electron chi connectivity index (χ2n) is 6.26. The zero-order valence-electron chi connectivity index (χ0n) is 16.5. The number of hydrogen-bond acceptors (Lipinski definition) is 5. The first-order valence-electron chi connectivity index (χ1n) is 9.21. The van der Waals surface area contributed by atoms with E-state index in [1.165, 1.54) is 0 Å². The molecule has 0 spiro atoms. The Morgan fingerprint density at radius 1 is 1.07 bits per heavy atom. The zero-order chi connectivity index (χ0) is 22.1. The lowest BCUT2D eigenvalue weighted by Crippen LogP contribution is -2.34. The molecule has 9 heteroatoms. The van der Waals surface area contributed by atoms with Gasteiger partial charge in [-0.05, 0) is 55.8 Å². The van der Waals surface area contributed by atoms with Crippen LogP contribution >= 0.6 is 23.2 Å². The average molecular weight is 453 g/mol. The summed E-state index contributed by atoms with van der Waals surface area (Å²) in [6.07, 6.45) is 0. The summed E-state index contributed by atoms with van der Waals surface area (Å²) in [5.74, 6) is -1.03. The third-order valence-corrected chi connectivity index (χ3v) is 4.55. The summed E-state index contributed by atoms with van der Waals surface area (Å²) in [5.41, 5.74) is 1.06. The van der Waals surface area contributed by atoms with Gasteiger partial charge in [0.25, 0.3) is 11.8 Å². The first kappa shape index (κ1) is 23.5. The molecule has 30 heavy (non-hydrogen) atoms. The Labute approximate surface area is 184 Å². The number of carbonyl (C=O) groups excluding carboxylic acids is 3. The Hall–Kier alpha value is -2.77. The van der Waals surface area contributed by atoms with Gasteiger partial charge in [-0.1, -0.05) is 29.3 Å². The minimum Gasteiger partial charge on any atom is -0.494 e. The van der Waals surface area contributed by atoms with E-state index >= 15 is 0 Å².